The number of rotatable bonds is 12. The Morgan fingerprint density at radius 1 is 1.02 bits per heavy atom. The van der Waals surface area contributed by atoms with Crippen LogP contribution in [0.4, 0.5) is 5.69 Å². The molecule has 0 aromatic heterocycles. The van der Waals surface area contributed by atoms with Gasteiger partial charge in [0, 0.05) is 13.2 Å². The second kappa shape index (κ2) is 13.9. The van der Waals surface area contributed by atoms with Crippen molar-refractivity contribution in [2.24, 2.45) is 5.10 Å². The van der Waals surface area contributed by atoms with Gasteiger partial charge in [-0.1, -0.05) is 24.3 Å². The Morgan fingerprint density at radius 3 is 2.46 bits per heavy atom. The van der Waals surface area contributed by atoms with Gasteiger partial charge in [0.15, 0.2) is 6.61 Å². The van der Waals surface area contributed by atoms with Crippen molar-refractivity contribution >= 4 is 33.7 Å². The minimum absolute atomic E-state index is 0.0705. The molecule has 3 aromatic rings. The number of hydrazone groups is 1. The van der Waals surface area contributed by atoms with Crippen molar-refractivity contribution in [3.63, 3.8) is 0 Å². The van der Waals surface area contributed by atoms with Gasteiger partial charge in [-0.05, 0) is 91.9 Å². The molecule has 1 fully saturated rings. The largest absolute Gasteiger partial charge is 0.484 e. The van der Waals surface area contributed by atoms with E-state index in [1.807, 2.05) is 19.9 Å². The Morgan fingerprint density at radius 2 is 1.78 bits per heavy atom. The van der Waals surface area contributed by atoms with Crippen LogP contribution in [0.1, 0.15) is 29.5 Å². The zero-order chi connectivity index (χ0) is 29.2. The summed E-state index contributed by atoms with van der Waals surface area (Å²) in [5, 5.41) is 6.78. The quantitative estimate of drug-likeness (QED) is 0.251. The molecule has 1 atom stereocenters. The van der Waals surface area contributed by atoms with Crippen molar-refractivity contribution in [1.29, 1.82) is 0 Å². The fourth-order valence-corrected chi connectivity index (χ4v) is 5.58. The highest BCUT2D eigenvalue weighted by Crippen LogP contribution is 2.25. The van der Waals surface area contributed by atoms with E-state index in [1.54, 1.807) is 54.6 Å². The number of sulfonamides is 1. The number of nitrogens with one attached hydrogen (secondary N) is 2. The van der Waals surface area contributed by atoms with Gasteiger partial charge in [-0.3, -0.25) is 13.9 Å². The van der Waals surface area contributed by atoms with E-state index in [-0.39, 0.29) is 23.5 Å². The number of ether oxygens (including phenoxy) is 2. The van der Waals surface area contributed by atoms with Crippen LogP contribution in [-0.2, 0) is 24.3 Å². The molecular formula is C30H34N4O6S. The Hall–Kier alpha value is -4.22. The normalized spacial score (nSPS) is 15.0. The highest BCUT2D eigenvalue weighted by Gasteiger charge is 2.27. The second-order valence-electron chi connectivity index (χ2n) is 9.68. The summed E-state index contributed by atoms with van der Waals surface area (Å²) in [5.74, 6) is -0.320. The zero-order valence-corrected chi connectivity index (χ0v) is 23.9. The highest BCUT2D eigenvalue weighted by atomic mass is 32.2. The van der Waals surface area contributed by atoms with Crippen LogP contribution in [0.25, 0.3) is 0 Å². The number of nitrogens with zero attached hydrogens (tertiary/aromatic N) is 2. The first-order valence-corrected chi connectivity index (χ1v) is 14.7. The number of aryl methyl sites for hydroxylation is 2. The van der Waals surface area contributed by atoms with E-state index >= 15 is 0 Å². The summed E-state index contributed by atoms with van der Waals surface area (Å²) >= 11 is 0. The first kappa shape index (κ1) is 29.8. The molecule has 2 amide bonds. The summed E-state index contributed by atoms with van der Waals surface area (Å²) < 4.78 is 39.0. The van der Waals surface area contributed by atoms with Gasteiger partial charge in [0.2, 0.25) is 0 Å². The molecule has 1 saturated heterocycles. The Kier molecular flexibility index (Phi) is 10.1. The molecule has 0 spiro atoms. The first-order chi connectivity index (χ1) is 19.7. The van der Waals surface area contributed by atoms with Gasteiger partial charge < -0.3 is 14.8 Å². The van der Waals surface area contributed by atoms with Gasteiger partial charge in [-0.25, -0.2) is 13.8 Å². The van der Waals surface area contributed by atoms with Crippen molar-refractivity contribution in [1.82, 2.24) is 10.7 Å². The summed E-state index contributed by atoms with van der Waals surface area (Å²) in [6, 6.07) is 20.0. The van der Waals surface area contributed by atoms with Crippen molar-refractivity contribution in [3.05, 3.63) is 89.5 Å². The summed E-state index contributed by atoms with van der Waals surface area (Å²) in [7, 11) is -4.01. The van der Waals surface area contributed by atoms with Crippen molar-refractivity contribution in [2.75, 3.05) is 30.6 Å². The summed E-state index contributed by atoms with van der Waals surface area (Å²) in [6.45, 7) is 4.45. The topological polar surface area (TPSA) is 126 Å². The standard InChI is InChI=1S/C30H34N4O6S/c1-22-10-13-25(17-23(22)2)34(41(37,38)28-8-4-3-5-9-28)20-29(35)33-32-18-24-11-14-26(15-12-24)40-21-30(36)31-19-27-7-6-16-39-27/h3-5,8-15,17-18,27H,6-7,16,19-21H2,1-2H3,(H,31,36)(H,33,35)/b32-18-/t27-/m0/s1. The molecule has 3 aromatic carbocycles. The van der Waals surface area contributed by atoms with E-state index in [1.165, 1.54) is 18.3 Å². The molecule has 216 valence electrons. The Bertz CT molecular complexity index is 1470. The third kappa shape index (κ3) is 8.38. The average molecular weight is 579 g/mol. The Balaban J connectivity index is 1.33. The molecule has 41 heavy (non-hydrogen) atoms. The predicted molar refractivity (Wildman–Crippen MR) is 157 cm³/mol. The predicted octanol–water partition coefficient (Wildman–Crippen LogP) is 3.32. The number of anilines is 1. The zero-order valence-electron chi connectivity index (χ0n) is 23.1. The minimum Gasteiger partial charge on any atom is -0.484 e. The van der Waals surface area contributed by atoms with Crippen LogP contribution in [0.2, 0.25) is 0 Å². The van der Waals surface area contributed by atoms with Crippen LogP contribution in [0, 0.1) is 13.8 Å². The molecule has 0 saturated carbocycles. The molecule has 0 unspecified atom stereocenters. The van der Waals surface area contributed by atoms with Crippen LogP contribution >= 0.6 is 0 Å². The first-order valence-electron chi connectivity index (χ1n) is 13.3. The second-order valence-corrected chi connectivity index (χ2v) is 11.5. The van der Waals surface area contributed by atoms with Crippen LogP contribution in [0.3, 0.4) is 0 Å². The molecular weight excluding hydrogens is 544 g/mol. The SMILES string of the molecule is Cc1ccc(N(CC(=O)N/N=C\c2ccc(OCC(=O)NC[C@@H]3CCCO3)cc2)S(=O)(=O)c2ccccc2)cc1C. The molecule has 4 rings (SSSR count). The molecule has 10 nitrogen and oxygen atoms in total. The van der Waals surface area contributed by atoms with Gasteiger partial charge >= 0.3 is 0 Å². The van der Waals surface area contributed by atoms with E-state index in [0.717, 1.165) is 34.9 Å². The molecule has 0 aliphatic carbocycles. The monoisotopic (exact) mass is 578 g/mol. The van der Waals surface area contributed by atoms with Crippen LogP contribution in [0.15, 0.2) is 82.8 Å². The maximum Gasteiger partial charge on any atom is 0.264 e. The summed E-state index contributed by atoms with van der Waals surface area (Å²) in [4.78, 5) is 24.9. The van der Waals surface area contributed by atoms with E-state index in [4.69, 9.17) is 9.47 Å². The number of benzene rings is 3. The number of carbonyl (C=O) groups excluding carboxylic acids is 2. The fourth-order valence-electron chi connectivity index (χ4n) is 4.14. The number of hydrogen-bond acceptors (Lipinski definition) is 7. The summed E-state index contributed by atoms with van der Waals surface area (Å²) in [5.41, 5.74) is 5.37. The van der Waals surface area contributed by atoms with Crippen LogP contribution in [-0.4, -0.2) is 58.9 Å². The van der Waals surface area contributed by atoms with Gasteiger partial charge in [-0.2, -0.15) is 5.10 Å². The number of amides is 2. The van der Waals surface area contributed by atoms with E-state index in [9.17, 15) is 18.0 Å². The Labute approximate surface area is 240 Å². The molecule has 0 radical (unpaired) electrons. The molecule has 11 heteroatoms. The third-order valence-electron chi connectivity index (χ3n) is 6.60. The van der Waals surface area contributed by atoms with E-state index < -0.39 is 22.5 Å². The lowest BCUT2D eigenvalue weighted by molar-refractivity contribution is -0.123. The van der Waals surface area contributed by atoms with E-state index in [2.05, 4.69) is 15.8 Å². The third-order valence-corrected chi connectivity index (χ3v) is 8.39. The molecule has 1 aliphatic heterocycles. The van der Waals surface area contributed by atoms with Gasteiger partial charge in [0.25, 0.3) is 21.8 Å². The van der Waals surface area contributed by atoms with Crippen molar-refractivity contribution in [3.8, 4) is 5.75 Å². The fraction of sp³-hybridized carbons (Fsp3) is 0.300. The lowest BCUT2D eigenvalue weighted by Gasteiger charge is -2.24. The average Bonchev–Trinajstić information content (AvgIpc) is 3.50. The van der Waals surface area contributed by atoms with Crippen LogP contribution < -0.4 is 19.8 Å². The molecule has 2 N–H and O–H groups in total. The number of carbonyl (C=O) groups is 2. The van der Waals surface area contributed by atoms with Crippen molar-refractivity contribution < 1.29 is 27.5 Å². The lowest BCUT2D eigenvalue weighted by atomic mass is 10.1. The number of hydrogen-bond donors (Lipinski definition) is 2. The molecule has 1 heterocycles. The van der Waals surface area contributed by atoms with Gasteiger partial charge in [0.05, 0.1) is 22.9 Å². The molecule has 1 aliphatic rings. The minimum atomic E-state index is -4.01. The van der Waals surface area contributed by atoms with Crippen molar-refractivity contribution in [2.45, 2.75) is 37.7 Å². The molecule has 0 bridgehead atoms. The highest BCUT2D eigenvalue weighted by molar-refractivity contribution is 7.92. The smallest absolute Gasteiger partial charge is 0.264 e. The van der Waals surface area contributed by atoms with Gasteiger partial charge in [0.1, 0.15) is 12.3 Å². The summed E-state index contributed by atoms with van der Waals surface area (Å²) in [6.07, 6.45) is 3.46. The lowest BCUT2D eigenvalue weighted by Crippen LogP contribution is -2.39. The van der Waals surface area contributed by atoms with E-state index in [0.29, 0.717) is 23.5 Å². The maximum absolute atomic E-state index is 13.4. The van der Waals surface area contributed by atoms with Crippen LogP contribution in [0.5, 0.6) is 5.75 Å². The van der Waals surface area contributed by atoms with Gasteiger partial charge in [-0.15, -0.1) is 0 Å². The maximum atomic E-state index is 13.4.